The third kappa shape index (κ3) is 3.40. The highest BCUT2D eigenvalue weighted by Gasteiger charge is 2.22. The first-order valence-corrected chi connectivity index (χ1v) is 7.89. The van der Waals surface area contributed by atoms with E-state index in [1.807, 2.05) is 0 Å². The Hall–Kier alpha value is -1.64. The minimum absolute atomic E-state index is 0. The average molecular weight is 343 g/mol. The second kappa shape index (κ2) is 7.08. The summed E-state index contributed by atoms with van der Waals surface area (Å²) in [4.78, 5) is 18.8. The summed E-state index contributed by atoms with van der Waals surface area (Å²) in [5.74, 6) is 0. The van der Waals surface area contributed by atoms with Crippen molar-refractivity contribution < 1.29 is 9.13 Å². The molecule has 0 spiro atoms. The molecular weight excluding hydrogens is 328 g/mol. The SMILES string of the molecule is Cl.O=[N+]([O-])c1ccc2nc(S(=O)C3CCNCC3)cnc2c1. The van der Waals surface area contributed by atoms with E-state index in [4.69, 9.17) is 0 Å². The zero-order valence-electron chi connectivity index (χ0n) is 11.6. The molecule has 0 radical (unpaired) electrons. The molecule has 1 fully saturated rings. The summed E-state index contributed by atoms with van der Waals surface area (Å²) in [6.45, 7) is 1.73. The van der Waals surface area contributed by atoms with Crippen molar-refractivity contribution in [3.63, 3.8) is 0 Å². The second-order valence-corrected chi connectivity index (χ2v) is 6.56. The van der Waals surface area contributed by atoms with E-state index >= 15 is 0 Å². The molecule has 0 saturated carbocycles. The third-order valence-electron chi connectivity index (χ3n) is 3.51. The van der Waals surface area contributed by atoms with Crippen molar-refractivity contribution >= 4 is 39.9 Å². The molecule has 9 heteroatoms. The highest BCUT2D eigenvalue weighted by atomic mass is 35.5. The number of benzene rings is 1. The smallest absolute Gasteiger partial charge is 0.271 e. The van der Waals surface area contributed by atoms with Crippen LogP contribution in [0.2, 0.25) is 0 Å². The Labute approximate surface area is 135 Å². The van der Waals surface area contributed by atoms with Gasteiger partial charge in [-0.05, 0) is 32.0 Å². The number of rotatable bonds is 3. The van der Waals surface area contributed by atoms with Crippen molar-refractivity contribution in [2.45, 2.75) is 23.1 Å². The van der Waals surface area contributed by atoms with Crippen LogP contribution in [0.25, 0.3) is 11.0 Å². The van der Waals surface area contributed by atoms with Gasteiger partial charge in [-0.2, -0.15) is 0 Å². The van der Waals surface area contributed by atoms with Crippen LogP contribution >= 0.6 is 12.4 Å². The Kier molecular flexibility index (Phi) is 5.38. The molecule has 22 heavy (non-hydrogen) atoms. The molecule has 0 bridgehead atoms. The Morgan fingerprint density at radius 1 is 1.27 bits per heavy atom. The predicted octanol–water partition coefficient (Wildman–Crippen LogP) is 1.82. The topological polar surface area (TPSA) is 98.0 Å². The Bertz CT molecular complexity index is 721. The van der Waals surface area contributed by atoms with Crippen LogP contribution in [-0.4, -0.2) is 37.4 Å². The van der Waals surface area contributed by atoms with E-state index < -0.39 is 15.7 Å². The van der Waals surface area contributed by atoms with Crippen molar-refractivity contribution in [2.75, 3.05) is 13.1 Å². The van der Waals surface area contributed by atoms with Gasteiger partial charge >= 0.3 is 0 Å². The summed E-state index contributed by atoms with van der Waals surface area (Å²) < 4.78 is 12.5. The molecular formula is C13H15ClN4O3S. The number of halogens is 1. The number of nitrogens with one attached hydrogen (secondary N) is 1. The number of nitro groups is 1. The van der Waals surface area contributed by atoms with Gasteiger partial charge < -0.3 is 5.32 Å². The van der Waals surface area contributed by atoms with E-state index in [1.54, 1.807) is 6.07 Å². The maximum atomic E-state index is 12.5. The monoisotopic (exact) mass is 342 g/mol. The molecule has 3 rings (SSSR count). The van der Waals surface area contributed by atoms with Crippen molar-refractivity contribution in [2.24, 2.45) is 0 Å². The highest BCUT2D eigenvalue weighted by molar-refractivity contribution is 7.85. The summed E-state index contributed by atoms with van der Waals surface area (Å²) in [7, 11) is -1.19. The lowest BCUT2D eigenvalue weighted by molar-refractivity contribution is -0.384. The molecule has 0 amide bonds. The van der Waals surface area contributed by atoms with Crippen LogP contribution in [0.5, 0.6) is 0 Å². The predicted molar refractivity (Wildman–Crippen MR) is 85.7 cm³/mol. The zero-order chi connectivity index (χ0) is 14.8. The summed E-state index contributed by atoms with van der Waals surface area (Å²) in [5, 5.41) is 14.5. The fourth-order valence-electron chi connectivity index (χ4n) is 2.37. The van der Waals surface area contributed by atoms with Gasteiger partial charge in [0.15, 0.2) is 0 Å². The quantitative estimate of drug-likeness (QED) is 0.675. The number of hydrogen-bond donors (Lipinski definition) is 1. The second-order valence-electron chi connectivity index (χ2n) is 4.89. The van der Waals surface area contributed by atoms with Gasteiger partial charge in [-0.3, -0.25) is 19.3 Å². The van der Waals surface area contributed by atoms with Gasteiger partial charge in [-0.15, -0.1) is 12.4 Å². The van der Waals surface area contributed by atoms with Gasteiger partial charge in [-0.1, -0.05) is 0 Å². The Balaban J connectivity index is 0.00000176. The number of piperidine rings is 1. The molecule has 1 unspecified atom stereocenters. The van der Waals surface area contributed by atoms with Crippen LogP contribution in [0.15, 0.2) is 29.4 Å². The van der Waals surface area contributed by atoms with Gasteiger partial charge in [0.05, 0.1) is 33.0 Å². The molecule has 1 saturated heterocycles. The van der Waals surface area contributed by atoms with Crippen molar-refractivity contribution in [1.82, 2.24) is 15.3 Å². The average Bonchev–Trinajstić information content (AvgIpc) is 2.54. The maximum absolute atomic E-state index is 12.5. The Morgan fingerprint density at radius 2 is 2.00 bits per heavy atom. The van der Waals surface area contributed by atoms with Gasteiger partial charge in [0.1, 0.15) is 5.03 Å². The molecule has 1 aromatic heterocycles. The molecule has 1 aliphatic rings. The van der Waals surface area contributed by atoms with E-state index in [0.29, 0.717) is 16.1 Å². The minimum atomic E-state index is -1.19. The molecule has 1 N–H and O–H groups in total. The minimum Gasteiger partial charge on any atom is -0.317 e. The van der Waals surface area contributed by atoms with E-state index in [1.165, 1.54) is 18.3 Å². The number of nitro benzene ring substituents is 1. The van der Waals surface area contributed by atoms with Crippen molar-refractivity contribution in [3.8, 4) is 0 Å². The van der Waals surface area contributed by atoms with Crippen LogP contribution < -0.4 is 5.32 Å². The summed E-state index contributed by atoms with van der Waals surface area (Å²) in [6, 6.07) is 4.30. The summed E-state index contributed by atoms with van der Waals surface area (Å²) in [6.07, 6.45) is 3.17. The molecule has 2 aromatic rings. The summed E-state index contributed by atoms with van der Waals surface area (Å²) >= 11 is 0. The molecule has 7 nitrogen and oxygen atoms in total. The van der Waals surface area contributed by atoms with Gasteiger partial charge in [-0.25, -0.2) is 4.98 Å². The number of hydrogen-bond acceptors (Lipinski definition) is 6. The molecule has 1 aromatic carbocycles. The standard InChI is InChI=1S/C13H14N4O3S.ClH/c18-17(19)9-1-2-11-12(7-9)15-8-13(16-11)21(20)10-3-5-14-6-4-10;/h1-2,7-8,10,14H,3-6H2;1H. The highest BCUT2D eigenvalue weighted by Crippen LogP contribution is 2.21. The third-order valence-corrected chi connectivity index (χ3v) is 5.20. The lowest BCUT2D eigenvalue weighted by atomic mass is 10.2. The lowest BCUT2D eigenvalue weighted by Crippen LogP contribution is -2.33. The molecule has 2 heterocycles. The van der Waals surface area contributed by atoms with Gasteiger partial charge in [0, 0.05) is 17.4 Å². The first-order valence-electron chi connectivity index (χ1n) is 6.67. The fourth-order valence-corrected chi connectivity index (χ4v) is 3.72. The number of non-ortho nitro benzene ring substituents is 1. The van der Waals surface area contributed by atoms with E-state index in [0.717, 1.165) is 25.9 Å². The van der Waals surface area contributed by atoms with Gasteiger partial charge in [0.25, 0.3) is 5.69 Å². The van der Waals surface area contributed by atoms with Crippen LogP contribution in [0, 0.1) is 10.1 Å². The lowest BCUT2D eigenvalue weighted by Gasteiger charge is -2.21. The van der Waals surface area contributed by atoms with Crippen LogP contribution in [0.1, 0.15) is 12.8 Å². The molecule has 1 atom stereocenters. The molecule has 118 valence electrons. The number of aromatic nitrogens is 2. The van der Waals surface area contributed by atoms with E-state index in [2.05, 4.69) is 15.3 Å². The van der Waals surface area contributed by atoms with Crippen LogP contribution in [-0.2, 0) is 10.8 Å². The van der Waals surface area contributed by atoms with Crippen molar-refractivity contribution in [1.29, 1.82) is 0 Å². The van der Waals surface area contributed by atoms with Crippen LogP contribution in [0.4, 0.5) is 5.69 Å². The zero-order valence-corrected chi connectivity index (χ0v) is 13.2. The van der Waals surface area contributed by atoms with Crippen LogP contribution in [0.3, 0.4) is 0 Å². The Morgan fingerprint density at radius 3 is 2.68 bits per heavy atom. The molecule has 0 aliphatic carbocycles. The first-order chi connectivity index (χ1) is 10.1. The number of fused-ring (bicyclic) bond motifs is 1. The fraction of sp³-hybridized carbons (Fsp3) is 0.385. The normalized spacial score (nSPS) is 16.9. The largest absolute Gasteiger partial charge is 0.317 e. The maximum Gasteiger partial charge on any atom is 0.271 e. The van der Waals surface area contributed by atoms with E-state index in [9.17, 15) is 14.3 Å². The van der Waals surface area contributed by atoms with E-state index in [-0.39, 0.29) is 23.3 Å². The first kappa shape index (κ1) is 16.7. The van der Waals surface area contributed by atoms with Crippen molar-refractivity contribution in [3.05, 3.63) is 34.5 Å². The summed E-state index contributed by atoms with van der Waals surface area (Å²) in [5.41, 5.74) is 0.944. The molecule has 1 aliphatic heterocycles. The number of nitrogens with zero attached hydrogens (tertiary/aromatic N) is 3. The van der Waals surface area contributed by atoms with Gasteiger partial charge in [0.2, 0.25) is 0 Å².